The van der Waals surface area contributed by atoms with Crippen LogP contribution in [0.5, 0.6) is 11.5 Å². The van der Waals surface area contributed by atoms with Crippen molar-refractivity contribution in [2.75, 3.05) is 31.5 Å². The van der Waals surface area contributed by atoms with Gasteiger partial charge in [0.25, 0.3) is 0 Å². The highest BCUT2D eigenvalue weighted by molar-refractivity contribution is 6.34. The average molecular weight is 431 g/mol. The molecule has 0 saturated carbocycles. The Hall–Kier alpha value is -3.26. The first-order chi connectivity index (χ1) is 14.5. The van der Waals surface area contributed by atoms with Crippen LogP contribution < -0.4 is 20.1 Å². The van der Waals surface area contributed by atoms with Crippen LogP contribution in [0.2, 0.25) is 5.02 Å². The lowest BCUT2D eigenvalue weighted by atomic mass is 10.2. The van der Waals surface area contributed by atoms with Crippen molar-refractivity contribution in [3.63, 3.8) is 0 Å². The Morgan fingerprint density at radius 2 is 1.87 bits per heavy atom. The van der Waals surface area contributed by atoms with Gasteiger partial charge < -0.3 is 19.5 Å². The standard InChI is InChI=1S/C21H23ClN4O4/c1-4-5-8-30-21(27)26-16-7-6-13(9-15(16)22)25-20-14-10-18(28-2)19(29-3)11-17(14)23-12-24-20/h6-7,9-12H,4-5,8H2,1-3H3,(H,26,27)(H,23,24,25). The molecule has 3 rings (SSSR count). The van der Waals surface area contributed by atoms with Gasteiger partial charge in [0, 0.05) is 17.1 Å². The lowest BCUT2D eigenvalue weighted by Crippen LogP contribution is -2.14. The number of nitrogens with one attached hydrogen (secondary N) is 2. The van der Waals surface area contributed by atoms with Gasteiger partial charge in [0.2, 0.25) is 0 Å². The predicted octanol–water partition coefficient (Wildman–Crippen LogP) is 5.39. The second-order valence-electron chi connectivity index (χ2n) is 6.38. The summed E-state index contributed by atoms with van der Waals surface area (Å²) in [5.41, 5.74) is 1.85. The zero-order valence-electron chi connectivity index (χ0n) is 17.0. The average Bonchev–Trinajstić information content (AvgIpc) is 2.75. The molecule has 158 valence electrons. The summed E-state index contributed by atoms with van der Waals surface area (Å²) in [5.74, 6) is 1.73. The summed E-state index contributed by atoms with van der Waals surface area (Å²) < 4.78 is 15.8. The van der Waals surface area contributed by atoms with Crippen LogP contribution in [0, 0.1) is 0 Å². The molecule has 0 bridgehead atoms. The van der Waals surface area contributed by atoms with Crippen LogP contribution in [0.3, 0.4) is 0 Å². The Kier molecular flexibility index (Phi) is 7.13. The van der Waals surface area contributed by atoms with E-state index in [4.69, 9.17) is 25.8 Å². The molecule has 2 N–H and O–H groups in total. The molecule has 0 aliphatic rings. The molecule has 3 aromatic rings. The molecule has 1 aromatic heterocycles. The third-order valence-corrected chi connectivity index (χ3v) is 4.65. The molecular formula is C21H23ClN4O4. The van der Waals surface area contributed by atoms with Gasteiger partial charge in [0.1, 0.15) is 12.1 Å². The molecule has 0 aliphatic carbocycles. The quantitative estimate of drug-likeness (QED) is 0.462. The molecule has 30 heavy (non-hydrogen) atoms. The summed E-state index contributed by atoms with van der Waals surface area (Å²) in [6.45, 7) is 2.39. The number of aromatic nitrogens is 2. The number of carbonyl (C=O) groups excluding carboxylic acids is 1. The van der Waals surface area contributed by atoms with E-state index < -0.39 is 6.09 Å². The van der Waals surface area contributed by atoms with Gasteiger partial charge in [-0.1, -0.05) is 24.9 Å². The Labute approximate surface area is 179 Å². The van der Waals surface area contributed by atoms with Crippen LogP contribution >= 0.6 is 11.6 Å². The zero-order valence-corrected chi connectivity index (χ0v) is 17.7. The number of hydrogen-bond acceptors (Lipinski definition) is 7. The van der Waals surface area contributed by atoms with Crippen LogP contribution in [0.1, 0.15) is 19.8 Å². The molecule has 0 atom stereocenters. The van der Waals surface area contributed by atoms with Gasteiger partial charge in [-0.15, -0.1) is 0 Å². The van der Waals surface area contributed by atoms with Crippen LogP contribution in [0.25, 0.3) is 10.9 Å². The van der Waals surface area contributed by atoms with Gasteiger partial charge in [0.05, 0.1) is 37.1 Å². The Morgan fingerprint density at radius 3 is 2.57 bits per heavy atom. The highest BCUT2D eigenvalue weighted by Gasteiger charge is 2.12. The van der Waals surface area contributed by atoms with Gasteiger partial charge in [-0.05, 0) is 30.7 Å². The summed E-state index contributed by atoms with van der Waals surface area (Å²) in [6, 6.07) is 8.75. The van der Waals surface area contributed by atoms with E-state index in [1.807, 2.05) is 6.92 Å². The number of rotatable bonds is 8. The van der Waals surface area contributed by atoms with Crippen LogP contribution in [0.4, 0.5) is 22.0 Å². The molecule has 2 aromatic carbocycles. The van der Waals surface area contributed by atoms with E-state index in [1.165, 1.54) is 6.33 Å². The molecule has 0 spiro atoms. The summed E-state index contributed by atoms with van der Waals surface area (Å²) in [4.78, 5) is 20.4. The van der Waals surface area contributed by atoms with Crippen molar-refractivity contribution < 1.29 is 19.0 Å². The predicted molar refractivity (Wildman–Crippen MR) is 117 cm³/mol. The molecule has 0 saturated heterocycles. The number of nitrogens with zero attached hydrogens (tertiary/aromatic N) is 2. The highest BCUT2D eigenvalue weighted by atomic mass is 35.5. The maximum absolute atomic E-state index is 11.8. The third kappa shape index (κ3) is 5.01. The van der Waals surface area contributed by atoms with E-state index in [9.17, 15) is 4.79 Å². The topological polar surface area (TPSA) is 94.6 Å². The van der Waals surface area contributed by atoms with Crippen molar-refractivity contribution >= 4 is 45.8 Å². The minimum atomic E-state index is -0.533. The molecule has 8 nitrogen and oxygen atoms in total. The van der Waals surface area contributed by atoms with E-state index >= 15 is 0 Å². The van der Waals surface area contributed by atoms with E-state index in [-0.39, 0.29) is 0 Å². The fourth-order valence-electron chi connectivity index (χ4n) is 2.77. The second-order valence-corrected chi connectivity index (χ2v) is 6.79. The Balaban J connectivity index is 1.80. The van der Waals surface area contributed by atoms with E-state index in [1.54, 1.807) is 44.6 Å². The van der Waals surface area contributed by atoms with Crippen molar-refractivity contribution in [1.82, 2.24) is 9.97 Å². The number of fused-ring (bicyclic) bond motifs is 1. The van der Waals surface area contributed by atoms with Crippen molar-refractivity contribution in [2.45, 2.75) is 19.8 Å². The Bertz CT molecular complexity index is 1040. The lowest BCUT2D eigenvalue weighted by molar-refractivity contribution is 0.160. The third-order valence-electron chi connectivity index (χ3n) is 4.34. The summed E-state index contributed by atoms with van der Waals surface area (Å²) in [7, 11) is 3.14. The van der Waals surface area contributed by atoms with Crippen molar-refractivity contribution in [3.05, 3.63) is 41.7 Å². The normalized spacial score (nSPS) is 10.5. The lowest BCUT2D eigenvalue weighted by Gasteiger charge is -2.13. The van der Waals surface area contributed by atoms with Crippen molar-refractivity contribution in [1.29, 1.82) is 0 Å². The fraction of sp³-hybridized carbons (Fsp3) is 0.286. The first-order valence-electron chi connectivity index (χ1n) is 9.42. The summed E-state index contributed by atoms with van der Waals surface area (Å²) in [5, 5.41) is 6.99. The maximum Gasteiger partial charge on any atom is 0.411 e. The number of halogens is 1. The molecule has 9 heteroatoms. The largest absolute Gasteiger partial charge is 0.493 e. The molecule has 0 radical (unpaired) electrons. The van der Waals surface area contributed by atoms with Gasteiger partial charge in [-0.25, -0.2) is 14.8 Å². The van der Waals surface area contributed by atoms with E-state index in [2.05, 4.69) is 20.6 Å². The SMILES string of the molecule is CCCCOC(=O)Nc1ccc(Nc2ncnc3cc(OC)c(OC)cc23)cc1Cl. The zero-order chi connectivity index (χ0) is 21.5. The van der Waals surface area contributed by atoms with Gasteiger partial charge in [-0.3, -0.25) is 5.32 Å². The van der Waals surface area contributed by atoms with Crippen molar-refractivity contribution in [2.24, 2.45) is 0 Å². The number of benzene rings is 2. The van der Waals surface area contributed by atoms with Gasteiger partial charge in [-0.2, -0.15) is 0 Å². The minimum absolute atomic E-state index is 0.366. The van der Waals surface area contributed by atoms with E-state index in [0.717, 1.165) is 18.2 Å². The molecule has 1 heterocycles. The molecular weight excluding hydrogens is 408 g/mol. The first-order valence-corrected chi connectivity index (χ1v) is 9.80. The Morgan fingerprint density at radius 1 is 1.10 bits per heavy atom. The number of amides is 1. The monoisotopic (exact) mass is 430 g/mol. The number of anilines is 3. The smallest absolute Gasteiger partial charge is 0.411 e. The summed E-state index contributed by atoms with van der Waals surface area (Å²) >= 11 is 6.33. The fourth-order valence-corrected chi connectivity index (χ4v) is 3.00. The van der Waals surface area contributed by atoms with Crippen molar-refractivity contribution in [3.8, 4) is 11.5 Å². The highest BCUT2D eigenvalue weighted by Crippen LogP contribution is 2.35. The van der Waals surface area contributed by atoms with Crippen LogP contribution in [-0.4, -0.2) is 36.9 Å². The molecule has 0 aliphatic heterocycles. The minimum Gasteiger partial charge on any atom is -0.493 e. The first kappa shape index (κ1) is 21.4. The molecule has 1 amide bonds. The number of methoxy groups -OCH3 is 2. The molecule has 0 unspecified atom stereocenters. The van der Waals surface area contributed by atoms with Gasteiger partial charge >= 0.3 is 6.09 Å². The maximum atomic E-state index is 11.8. The number of hydrogen-bond donors (Lipinski definition) is 2. The van der Waals surface area contributed by atoms with E-state index in [0.29, 0.717) is 45.8 Å². The second kappa shape index (κ2) is 9.98. The van der Waals surface area contributed by atoms with Gasteiger partial charge in [0.15, 0.2) is 11.5 Å². The van der Waals surface area contributed by atoms with Crippen LogP contribution in [-0.2, 0) is 4.74 Å². The number of ether oxygens (including phenoxy) is 3. The number of carbonyl (C=O) groups is 1. The number of unbranched alkanes of at least 4 members (excludes halogenated alkanes) is 1. The summed E-state index contributed by atoms with van der Waals surface area (Å²) in [6.07, 6.45) is 2.69. The molecule has 0 fully saturated rings. The van der Waals surface area contributed by atoms with Crippen LogP contribution in [0.15, 0.2) is 36.7 Å².